The SMILES string of the molecule is CSc1ccc(C(CC#N)N(C)C)cc1. The number of hydrogen-bond donors (Lipinski definition) is 0. The summed E-state index contributed by atoms with van der Waals surface area (Å²) in [5, 5.41) is 8.77. The first-order valence-electron chi connectivity index (χ1n) is 4.86. The van der Waals surface area contributed by atoms with Crippen LogP contribution in [0.4, 0.5) is 0 Å². The summed E-state index contributed by atoms with van der Waals surface area (Å²) < 4.78 is 0. The molecule has 1 aromatic carbocycles. The lowest BCUT2D eigenvalue weighted by Crippen LogP contribution is -2.19. The highest BCUT2D eigenvalue weighted by Gasteiger charge is 2.12. The molecule has 0 bridgehead atoms. The van der Waals surface area contributed by atoms with Crippen LogP contribution in [0.1, 0.15) is 18.0 Å². The fourth-order valence-corrected chi connectivity index (χ4v) is 1.92. The Balaban J connectivity index is 2.87. The van der Waals surface area contributed by atoms with Gasteiger partial charge in [-0.25, -0.2) is 0 Å². The molecule has 0 amide bonds. The van der Waals surface area contributed by atoms with Crippen molar-refractivity contribution in [1.82, 2.24) is 4.90 Å². The fraction of sp³-hybridized carbons (Fsp3) is 0.417. The van der Waals surface area contributed by atoms with Crippen molar-refractivity contribution in [2.45, 2.75) is 17.4 Å². The Morgan fingerprint density at radius 2 is 1.93 bits per heavy atom. The molecule has 0 saturated heterocycles. The van der Waals surface area contributed by atoms with E-state index in [1.54, 1.807) is 11.8 Å². The lowest BCUT2D eigenvalue weighted by atomic mass is 10.0. The molecule has 1 aromatic rings. The third kappa shape index (κ3) is 3.26. The van der Waals surface area contributed by atoms with Gasteiger partial charge in [0.15, 0.2) is 0 Å². The lowest BCUT2D eigenvalue weighted by Gasteiger charge is -2.22. The molecule has 15 heavy (non-hydrogen) atoms. The molecule has 0 N–H and O–H groups in total. The van der Waals surface area contributed by atoms with Gasteiger partial charge in [0.25, 0.3) is 0 Å². The van der Waals surface area contributed by atoms with Gasteiger partial charge >= 0.3 is 0 Å². The molecule has 0 spiro atoms. The van der Waals surface area contributed by atoms with Crippen LogP contribution in [0.2, 0.25) is 0 Å². The van der Waals surface area contributed by atoms with Crippen molar-refractivity contribution in [3.63, 3.8) is 0 Å². The number of nitrogens with zero attached hydrogens (tertiary/aromatic N) is 2. The molecule has 0 saturated carbocycles. The minimum Gasteiger partial charge on any atom is -0.301 e. The maximum absolute atomic E-state index is 8.77. The Hall–Kier alpha value is -0.980. The summed E-state index contributed by atoms with van der Waals surface area (Å²) in [5.41, 5.74) is 1.21. The topological polar surface area (TPSA) is 27.0 Å². The van der Waals surface area contributed by atoms with E-state index in [0.717, 1.165) is 0 Å². The number of hydrogen-bond acceptors (Lipinski definition) is 3. The van der Waals surface area contributed by atoms with E-state index in [1.165, 1.54) is 10.5 Å². The van der Waals surface area contributed by atoms with Crippen molar-refractivity contribution in [2.75, 3.05) is 20.4 Å². The van der Waals surface area contributed by atoms with Crippen molar-refractivity contribution in [1.29, 1.82) is 5.26 Å². The van der Waals surface area contributed by atoms with Crippen LogP contribution in [-0.2, 0) is 0 Å². The van der Waals surface area contributed by atoms with Gasteiger partial charge in [-0.15, -0.1) is 11.8 Å². The molecule has 0 heterocycles. The largest absolute Gasteiger partial charge is 0.301 e. The average Bonchev–Trinajstić information content (AvgIpc) is 2.26. The molecular formula is C12H16N2S. The normalized spacial score (nSPS) is 12.5. The quantitative estimate of drug-likeness (QED) is 0.730. The molecule has 1 rings (SSSR count). The third-order valence-corrected chi connectivity index (χ3v) is 3.15. The monoisotopic (exact) mass is 220 g/mol. The minimum atomic E-state index is 0.200. The van der Waals surface area contributed by atoms with Gasteiger partial charge in [-0.2, -0.15) is 5.26 Å². The second kappa shape index (κ2) is 5.79. The van der Waals surface area contributed by atoms with Gasteiger partial charge in [-0.1, -0.05) is 12.1 Å². The molecule has 1 unspecified atom stereocenters. The number of rotatable bonds is 4. The van der Waals surface area contributed by atoms with Crippen LogP contribution >= 0.6 is 11.8 Å². The molecule has 80 valence electrons. The van der Waals surface area contributed by atoms with Gasteiger partial charge in [-0.3, -0.25) is 0 Å². The maximum Gasteiger partial charge on any atom is 0.0641 e. The highest BCUT2D eigenvalue weighted by atomic mass is 32.2. The third-order valence-electron chi connectivity index (χ3n) is 2.41. The van der Waals surface area contributed by atoms with Gasteiger partial charge in [-0.05, 0) is 38.0 Å². The van der Waals surface area contributed by atoms with Crippen LogP contribution in [0.3, 0.4) is 0 Å². The molecule has 2 nitrogen and oxygen atoms in total. The average molecular weight is 220 g/mol. The molecule has 0 aliphatic rings. The molecule has 0 aromatic heterocycles. The molecule has 0 aliphatic carbocycles. The zero-order chi connectivity index (χ0) is 11.3. The van der Waals surface area contributed by atoms with Crippen LogP contribution < -0.4 is 0 Å². The summed E-state index contributed by atoms with van der Waals surface area (Å²) in [6.45, 7) is 0. The molecule has 0 radical (unpaired) electrons. The molecule has 3 heteroatoms. The van der Waals surface area contributed by atoms with Crippen molar-refractivity contribution in [2.24, 2.45) is 0 Å². The van der Waals surface area contributed by atoms with Gasteiger partial charge in [0.1, 0.15) is 0 Å². The van der Waals surface area contributed by atoms with E-state index in [9.17, 15) is 0 Å². The predicted octanol–water partition coefficient (Wildman–Crippen LogP) is 2.92. The van der Waals surface area contributed by atoms with E-state index in [-0.39, 0.29) is 6.04 Å². The van der Waals surface area contributed by atoms with Gasteiger partial charge in [0.2, 0.25) is 0 Å². The van der Waals surface area contributed by atoms with Crippen molar-refractivity contribution in [3.8, 4) is 6.07 Å². The number of thioether (sulfide) groups is 1. The van der Waals surface area contributed by atoms with Crippen LogP contribution in [-0.4, -0.2) is 25.3 Å². The van der Waals surface area contributed by atoms with Crippen LogP contribution in [0.15, 0.2) is 29.2 Å². The Morgan fingerprint density at radius 1 is 1.33 bits per heavy atom. The first kappa shape index (κ1) is 12.1. The summed E-state index contributed by atoms with van der Waals surface area (Å²) in [6.07, 6.45) is 2.60. The first-order chi connectivity index (χ1) is 7.19. The zero-order valence-electron chi connectivity index (χ0n) is 9.40. The minimum absolute atomic E-state index is 0.200. The summed E-state index contributed by atoms with van der Waals surface area (Å²) >= 11 is 1.73. The van der Waals surface area contributed by atoms with E-state index in [0.29, 0.717) is 6.42 Å². The van der Waals surface area contributed by atoms with Gasteiger partial charge < -0.3 is 4.90 Å². The Kier molecular flexibility index (Phi) is 4.67. The summed E-state index contributed by atoms with van der Waals surface area (Å²) in [5.74, 6) is 0. The number of nitriles is 1. The maximum atomic E-state index is 8.77. The molecule has 0 fully saturated rings. The lowest BCUT2D eigenvalue weighted by molar-refractivity contribution is 0.303. The van der Waals surface area contributed by atoms with E-state index >= 15 is 0 Å². The Bertz CT molecular complexity index is 338. The second-order valence-electron chi connectivity index (χ2n) is 3.61. The van der Waals surface area contributed by atoms with Crippen molar-refractivity contribution in [3.05, 3.63) is 29.8 Å². The summed E-state index contributed by atoms with van der Waals surface area (Å²) in [4.78, 5) is 3.34. The highest BCUT2D eigenvalue weighted by molar-refractivity contribution is 7.98. The smallest absolute Gasteiger partial charge is 0.0641 e. The Morgan fingerprint density at radius 3 is 2.33 bits per heavy atom. The summed E-state index contributed by atoms with van der Waals surface area (Å²) in [6, 6.07) is 10.8. The van der Waals surface area contributed by atoms with Crippen LogP contribution in [0, 0.1) is 11.3 Å². The standard InChI is InChI=1S/C12H16N2S/c1-14(2)12(8-9-13)10-4-6-11(15-3)7-5-10/h4-7,12H,8H2,1-3H3. The Labute approximate surface area is 95.9 Å². The van der Waals surface area contributed by atoms with E-state index in [4.69, 9.17) is 5.26 Å². The molecule has 1 atom stereocenters. The molecular weight excluding hydrogens is 204 g/mol. The zero-order valence-corrected chi connectivity index (χ0v) is 10.2. The fourth-order valence-electron chi connectivity index (χ4n) is 1.51. The predicted molar refractivity (Wildman–Crippen MR) is 64.9 cm³/mol. The van der Waals surface area contributed by atoms with Crippen LogP contribution in [0.25, 0.3) is 0 Å². The van der Waals surface area contributed by atoms with Crippen molar-refractivity contribution >= 4 is 11.8 Å². The first-order valence-corrected chi connectivity index (χ1v) is 6.09. The second-order valence-corrected chi connectivity index (χ2v) is 4.49. The van der Waals surface area contributed by atoms with E-state index < -0.39 is 0 Å². The van der Waals surface area contributed by atoms with Gasteiger partial charge in [0.05, 0.1) is 12.5 Å². The molecule has 0 aliphatic heterocycles. The van der Waals surface area contributed by atoms with E-state index in [2.05, 4.69) is 41.5 Å². The van der Waals surface area contributed by atoms with E-state index in [1.807, 2.05) is 14.1 Å². The van der Waals surface area contributed by atoms with Gasteiger partial charge in [0, 0.05) is 10.9 Å². The number of benzene rings is 1. The summed E-state index contributed by atoms with van der Waals surface area (Å²) in [7, 11) is 4.01. The van der Waals surface area contributed by atoms with Crippen molar-refractivity contribution < 1.29 is 0 Å². The highest BCUT2D eigenvalue weighted by Crippen LogP contribution is 2.24. The van der Waals surface area contributed by atoms with Crippen LogP contribution in [0.5, 0.6) is 0 Å².